The first kappa shape index (κ1) is 15.3. The summed E-state index contributed by atoms with van der Waals surface area (Å²) in [6, 6.07) is 12.9. The number of amides is 1. The second-order valence-electron chi connectivity index (χ2n) is 5.73. The Morgan fingerprint density at radius 2 is 1.88 bits per heavy atom. The van der Waals surface area contributed by atoms with Crippen molar-refractivity contribution in [2.45, 2.75) is 6.42 Å². The average Bonchev–Trinajstić information content (AvgIpc) is 3.09. The summed E-state index contributed by atoms with van der Waals surface area (Å²) in [5.74, 6) is -0.809. The van der Waals surface area contributed by atoms with Crippen LogP contribution in [-0.4, -0.2) is 35.0 Å². The lowest BCUT2D eigenvalue weighted by atomic mass is 10.2. The number of benzene rings is 2. The molecule has 0 radical (unpaired) electrons. The molecule has 0 atom stereocenters. The van der Waals surface area contributed by atoms with Crippen LogP contribution in [0.3, 0.4) is 0 Å². The first-order valence-electron chi connectivity index (χ1n) is 7.99. The van der Waals surface area contributed by atoms with Crippen LogP contribution in [0.15, 0.2) is 54.9 Å². The van der Waals surface area contributed by atoms with Crippen LogP contribution in [0.1, 0.15) is 15.9 Å². The number of anilines is 1. The van der Waals surface area contributed by atoms with Crippen LogP contribution < -0.4 is 4.90 Å². The van der Waals surface area contributed by atoms with E-state index in [1.54, 1.807) is 29.3 Å². The highest BCUT2D eigenvalue weighted by atomic mass is 16.5. The SMILES string of the molecule is O=C(OCC(=O)N1CCc2ccccc21)c1cccc2nccnc12. The van der Waals surface area contributed by atoms with Gasteiger partial charge in [-0.1, -0.05) is 24.3 Å². The van der Waals surface area contributed by atoms with Crippen LogP contribution in [0.2, 0.25) is 0 Å². The Morgan fingerprint density at radius 3 is 2.80 bits per heavy atom. The van der Waals surface area contributed by atoms with Gasteiger partial charge in [0.25, 0.3) is 5.91 Å². The van der Waals surface area contributed by atoms with Gasteiger partial charge in [0.1, 0.15) is 5.52 Å². The van der Waals surface area contributed by atoms with E-state index in [1.807, 2.05) is 24.3 Å². The number of esters is 1. The van der Waals surface area contributed by atoms with Crippen molar-refractivity contribution in [2.75, 3.05) is 18.1 Å². The fourth-order valence-corrected chi connectivity index (χ4v) is 3.04. The van der Waals surface area contributed by atoms with E-state index in [0.29, 0.717) is 23.1 Å². The molecule has 4 rings (SSSR count). The number of aromatic nitrogens is 2. The number of carbonyl (C=O) groups excluding carboxylic acids is 2. The lowest BCUT2D eigenvalue weighted by Crippen LogP contribution is -2.33. The zero-order valence-corrected chi connectivity index (χ0v) is 13.4. The molecule has 0 spiro atoms. The van der Waals surface area contributed by atoms with Crippen LogP contribution in [0, 0.1) is 0 Å². The van der Waals surface area contributed by atoms with Crippen molar-refractivity contribution in [3.63, 3.8) is 0 Å². The van der Waals surface area contributed by atoms with Gasteiger partial charge in [0.2, 0.25) is 0 Å². The number of nitrogens with zero attached hydrogens (tertiary/aromatic N) is 3. The lowest BCUT2D eigenvalue weighted by Gasteiger charge is -2.17. The smallest absolute Gasteiger partial charge is 0.340 e. The van der Waals surface area contributed by atoms with Gasteiger partial charge in [0.05, 0.1) is 11.1 Å². The Kier molecular flexibility index (Phi) is 3.85. The molecule has 0 aliphatic carbocycles. The van der Waals surface area contributed by atoms with Crippen molar-refractivity contribution in [3.05, 3.63) is 66.0 Å². The lowest BCUT2D eigenvalue weighted by molar-refractivity contribution is -0.121. The second kappa shape index (κ2) is 6.32. The van der Waals surface area contributed by atoms with E-state index in [0.717, 1.165) is 17.7 Å². The van der Waals surface area contributed by atoms with Crippen molar-refractivity contribution in [2.24, 2.45) is 0 Å². The summed E-state index contributed by atoms with van der Waals surface area (Å²) < 4.78 is 5.23. The van der Waals surface area contributed by atoms with Crippen LogP contribution in [-0.2, 0) is 16.0 Å². The van der Waals surface area contributed by atoms with Crippen LogP contribution in [0.5, 0.6) is 0 Å². The highest BCUT2D eigenvalue weighted by Crippen LogP contribution is 2.27. The van der Waals surface area contributed by atoms with E-state index >= 15 is 0 Å². The fraction of sp³-hybridized carbons (Fsp3) is 0.158. The van der Waals surface area contributed by atoms with Gasteiger partial charge in [0.15, 0.2) is 6.61 Å². The first-order valence-corrected chi connectivity index (χ1v) is 7.99. The maximum Gasteiger partial charge on any atom is 0.340 e. The molecule has 1 aliphatic heterocycles. The molecule has 0 saturated carbocycles. The van der Waals surface area contributed by atoms with Gasteiger partial charge in [0, 0.05) is 24.6 Å². The van der Waals surface area contributed by atoms with Gasteiger partial charge in [-0.15, -0.1) is 0 Å². The molecule has 2 heterocycles. The van der Waals surface area contributed by atoms with E-state index in [-0.39, 0.29) is 12.5 Å². The summed E-state index contributed by atoms with van der Waals surface area (Å²) >= 11 is 0. The molecule has 124 valence electrons. The quantitative estimate of drug-likeness (QED) is 0.688. The molecular weight excluding hydrogens is 318 g/mol. The van der Waals surface area contributed by atoms with Crippen molar-refractivity contribution in [1.29, 1.82) is 0 Å². The molecule has 0 fully saturated rings. The van der Waals surface area contributed by atoms with E-state index in [1.165, 1.54) is 6.20 Å². The van der Waals surface area contributed by atoms with Crippen molar-refractivity contribution in [3.8, 4) is 0 Å². The van der Waals surface area contributed by atoms with Crippen LogP contribution >= 0.6 is 0 Å². The molecule has 3 aromatic rings. The Bertz CT molecular complexity index is 966. The second-order valence-corrected chi connectivity index (χ2v) is 5.73. The van der Waals surface area contributed by atoms with Gasteiger partial charge >= 0.3 is 5.97 Å². The fourth-order valence-electron chi connectivity index (χ4n) is 3.04. The number of carbonyl (C=O) groups is 2. The highest BCUT2D eigenvalue weighted by molar-refractivity contribution is 6.03. The van der Waals surface area contributed by atoms with E-state index in [4.69, 9.17) is 4.74 Å². The maximum absolute atomic E-state index is 12.4. The number of hydrogen-bond acceptors (Lipinski definition) is 5. The molecule has 0 N–H and O–H groups in total. The molecule has 2 aromatic carbocycles. The number of hydrogen-bond donors (Lipinski definition) is 0. The van der Waals surface area contributed by atoms with Crippen molar-refractivity contribution >= 4 is 28.6 Å². The summed E-state index contributed by atoms with van der Waals surface area (Å²) in [6.45, 7) is 0.305. The predicted molar refractivity (Wildman–Crippen MR) is 92.3 cm³/mol. The third kappa shape index (κ3) is 2.82. The molecule has 25 heavy (non-hydrogen) atoms. The molecular formula is C19H15N3O3. The van der Waals surface area contributed by atoms with Gasteiger partial charge in [-0.2, -0.15) is 0 Å². The average molecular weight is 333 g/mol. The maximum atomic E-state index is 12.4. The molecule has 1 aromatic heterocycles. The molecule has 0 bridgehead atoms. The minimum Gasteiger partial charge on any atom is -0.452 e. The molecule has 0 unspecified atom stereocenters. The normalized spacial score (nSPS) is 12.9. The van der Waals surface area contributed by atoms with E-state index in [2.05, 4.69) is 9.97 Å². The Labute approximate surface area is 144 Å². The number of para-hydroxylation sites is 2. The van der Waals surface area contributed by atoms with Crippen LogP contribution in [0.25, 0.3) is 11.0 Å². The van der Waals surface area contributed by atoms with Crippen molar-refractivity contribution < 1.29 is 14.3 Å². The monoisotopic (exact) mass is 333 g/mol. The standard InChI is InChI=1S/C19H15N3O3/c23-17(22-11-8-13-4-1-2-7-16(13)22)12-25-19(24)14-5-3-6-15-18(14)21-10-9-20-15/h1-7,9-10H,8,11-12H2. The van der Waals surface area contributed by atoms with E-state index < -0.39 is 5.97 Å². The highest BCUT2D eigenvalue weighted by Gasteiger charge is 2.25. The van der Waals surface area contributed by atoms with Crippen LogP contribution in [0.4, 0.5) is 5.69 Å². The molecule has 6 nitrogen and oxygen atoms in total. The number of fused-ring (bicyclic) bond motifs is 2. The van der Waals surface area contributed by atoms with Gasteiger partial charge < -0.3 is 9.64 Å². The summed E-state index contributed by atoms with van der Waals surface area (Å²) in [5, 5.41) is 0. The summed E-state index contributed by atoms with van der Waals surface area (Å²) in [5.41, 5.74) is 3.40. The van der Waals surface area contributed by atoms with Crippen molar-refractivity contribution in [1.82, 2.24) is 9.97 Å². The van der Waals surface area contributed by atoms with Gasteiger partial charge in [-0.25, -0.2) is 4.79 Å². The third-order valence-electron chi connectivity index (χ3n) is 4.23. The largest absolute Gasteiger partial charge is 0.452 e. The zero-order chi connectivity index (χ0) is 17.2. The molecule has 1 amide bonds. The summed E-state index contributed by atoms with van der Waals surface area (Å²) in [7, 11) is 0. The topological polar surface area (TPSA) is 72.4 Å². The Hall–Kier alpha value is -3.28. The number of rotatable bonds is 3. The number of ether oxygens (including phenoxy) is 1. The minimum atomic E-state index is -0.577. The van der Waals surface area contributed by atoms with Gasteiger partial charge in [-0.05, 0) is 30.2 Å². The Balaban J connectivity index is 1.48. The molecule has 0 saturated heterocycles. The summed E-state index contributed by atoms with van der Waals surface area (Å²) in [6.07, 6.45) is 3.89. The predicted octanol–water partition coefficient (Wildman–Crippen LogP) is 2.38. The zero-order valence-electron chi connectivity index (χ0n) is 13.4. The van der Waals surface area contributed by atoms with E-state index in [9.17, 15) is 9.59 Å². The minimum absolute atomic E-state index is 0.232. The molecule has 1 aliphatic rings. The van der Waals surface area contributed by atoms with Gasteiger partial charge in [-0.3, -0.25) is 14.8 Å². The molecule has 6 heteroatoms. The first-order chi connectivity index (χ1) is 12.2. The third-order valence-corrected chi connectivity index (χ3v) is 4.23. The Morgan fingerprint density at radius 1 is 1.04 bits per heavy atom. The summed E-state index contributed by atoms with van der Waals surface area (Å²) in [4.78, 5) is 34.8.